The quantitative estimate of drug-likeness (QED) is 0.181. The summed E-state index contributed by atoms with van der Waals surface area (Å²) in [6.07, 6.45) is 11.5. The highest BCUT2D eigenvalue weighted by Crippen LogP contribution is 2.19. The van der Waals surface area contributed by atoms with Gasteiger partial charge >= 0.3 is 11.9 Å². The van der Waals surface area contributed by atoms with Crippen molar-refractivity contribution in [3.63, 3.8) is 0 Å². The van der Waals surface area contributed by atoms with Crippen LogP contribution in [0, 0.1) is 17.8 Å². The SMILES string of the molecule is CCCCC(CC)COC(=O)c1ccc(C(=O)OCC(CC)CCCCC(C)CC)cc1. The lowest BCUT2D eigenvalue weighted by Crippen LogP contribution is -2.15. The number of unbranched alkanes of at least 4 members (excludes halogenated alkanes) is 2. The molecular weight excluding hydrogens is 400 g/mol. The molecule has 0 saturated carbocycles. The van der Waals surface area contributed by atoms with Crippen LogP contribution in [0.4, 0.5) is 0 Å². The van der Waals surface area contributed by atoms with E-state index in [-0.39, 0.29) is 11.9 Å². The van der Waals surface area contributed by atoms with Crippen molar-refractivity contribution >= 4 is 11.9 Å². The topological polar surface area (TPSA) is 52.6 Å². The minimum Gasteiger partial charge on any atom is -0.462 e. The minimum absolute atomic E-state index is 0.325. The van der Waals surface area contributed by atoms with E-state index in [4.69, 9.17) is 9.47 Å². The number of esters is 2. The van der Waals surface area contributed by atoms with Gasteiger partial charge in [0.15, 0.2) is 0 Å². The number of carbonyl (C=O) groups is 2. The van der Waals surface area contributed by atoms with Crippen LogP contribution in [0.5, 0.6) is 0 Å². The predicted octanol–water partition coefficient (Wildman–Crippen LogP) is 7.85. The first-order valence-electron chi connectivity index (χ1n) is 12.9. The van der Waals surface area contributed by atoms with Crippen LogP contribution < -0.4 is 0 Å². The van der Waals surface area contributed by atoms with Crippen molar-refractivity contribution in [1.29, 1.82) is 0 Å². The molecule has 0 bridgehead atoms. The summed E-state index contributed by atoms with van der Waals surface area (Å²) in [5.41, 5.74) is 0.946. The van der Waals surface area contributed by atoms with Gasteiger partial charge in [-0.15, -0.1) is 0 Å². The molecule has 32 heavy (non-hydrogen) atoms. The summed E-state index contributed by atoms with van der Waals surface area (Å²) in [7, 11) is 0. The molecule has 1 aromatic carbocycles. The molecule has 1 rings (SSSR count). The Morgan fingerprint density at radius 2 is 1.12 bits per heavy atom. The Balaban J connectivity index is 2.43. The normalized spacial score (nSPS) is 13.9. The number of benzene rings is 1. The monoisotopic (exact) mass is 446 g/mol. The largest absolute Gasteiger partial charge is 0.462 e. The van der Waals surface area contributed by atoms with Crippen molar-refractivity contribution < 1.29 is 19.1 Å². The smallest absolute Gasteiger partial charge is 0.338 e. The third-order valence-electron chi connectivity index (χ3n) is 6.63. The van der Waals surface area contributed by atoms with Gasteiger partial charge in [-0.1, -0.05) is 86.0 Å². The molecule has 0 aliphatic heterocycles. The van der Waals surface area contributed by atoms with E-state index in [0.717, 1.165) is 44.4 Å². The van der Waals surface area contributed by atoms with Gasteiger partial charge in [-0.05, 0) is 54.9 Å². The Labute approximate surface area is 196 Å². The minimum atomic E-state index is -0.330. The lowest BCUT2D eigenvalue weighted by Gasteiger charge is -2.16. The Morgan fingerprint density at radius 3 is 1.53 bits per heavy atom. The molecule has 0 amide bonds. The first-order chi connectivity index (χ1) is 15.4. The summed E-state index contributed by atoms with van der Waals surface area (Å²) in [5.74, 6) is 0.957. The summed E-state index contributed by atoms with van der Waals surface area (Å²) < 4.78 is 11.0. The van der Waals surface area contributed by atoms with Crippen molar-refractivity contribution in [2.75, 3.05) is 13.2 Å². The molecule has 0 saturated heterocycles. The van der Waals surface area contributed by atoms with Crippen LogP contribution in [0.1, 0.15) is 120 Å². The van der Waals surface area contributed by atoms with Gasteiger partial charge in [0.1, 0.15) is 0 Å². The van der Waals surface area contributed by atoms with Gasteiger partial charge in [-0.3, -0.25) is 0 Å². The fourth-order valence-corrected chi connectivity index (χ4v) is 3.73. The lowest BCUT2D eigenvalue weighted by molar-refractivity contribution is 0.0414. The zero-order valence-corrected chi connectivity index (χ0v) is 21.2. The standard InChI is InChI=1S/C28H46O4/c1-6-10-14-23(8-3)20-31-27(29)25-16-18-26(19-17-25)28(30)32-21-24(9-4)15-12-11-13-22(5)7-2/h16-19,22-24H,6-15,20-21H2,1-5H3. The van der Waals surface area contributed by atoms with Crippen LogP contribution in [-0.2, 0) is 9.47 Å². The highest BCUT2D eigenvalue weighted by molar-refractivity contribution is 5.93. The molecule has 4 nitrogen and oxygen atoms in total. The third kappa shape index (κ3) is 11.2. The maximum atomic E-state index is 12.4. The van der Waals surface area contributed by atoms with Crippen LogP contribution in [0.3, 0.4) is 0 Å². The van der Waals surface area contributed by atoms with Crippen LogP contribution in [-0.4, -0.2) is 25.2 Å². The zero-order chi connectivity index (χ0) is 23.8. The molecule has 0 radical (unpaired) electrons. The van der Waals surface area contributed by atoms with E-state index in [1.807, 2.05) is 0 Å². The van der Waals surface area contributed by atoms with E-state index in [1.54, 1.807) is 24.3 Å². The number of hydrogen-bond donors (Lipinski definition) is 0. The highest BCUT2D eigenvalue weighted by Gasteiger charge is 2.15. The van der Waals surface area contributed by atoms with Gasteiger partial charge < -0.3 is 9.47 Å². The van der Waals surface area contributed by atoms with Gasteiger partial charge in [0.05, 0.1) is 24.3 Å². The molecule has 3 unspecified atom stereocenters. The molecule has 4 heteroatoms. The first-order valence-corrected chi connectivity index (χ1v) is 12.9. The van der Waals surface area contributed by atoms with Crippen LogP contribution >= 0.6 is 0 Å². The maximum Gasteiger partial charge on any atom is 0.338 e. The predicted molar refractivity (Wildman–Crippen MR) is 132 cm³/mol. The fraction of sp³-hybridized carbons (Fsp3) is 0.714. The molecule has 0 aromatic heterocycles. The summed E-state index contributed by atoms with van der Waals surface area (Å²) in [6.45, 7) is 11.9. The van der Waals surface area contributed by atoms with Crippen molar-refractivity contribution in [3.8, 4) is 0 Å². The van der Waals surface area contributed by atoms with E-state index in [9.17, 15) is 9.59 Å². The van der Waals surface area contributed by atoms with Gasteiger partial charge in [0.2, 0.25) is 0 Å². The summed E-state index contributed by atoms with van der Waals surface area (Å²) in [6, 6.07) is 6.61. The summed E-state index contributed by atoms with van der Waals surface area (Å²) >= 11 is 0. The number of hydrogen-bond acceptors (Lipinski definition) is 4. The van der Waals surface area contributed by atoms with E-state index < -0.39 is 0 Å². The molecule has 0 heterocycles. The van der Waals surface area contributed by atoms with Crippen molar-refractivity contribution in [3.05, 3.63) is 35.4 Å². The molecule has 0 spiro atoms. The Kier molecular flexibility index (Phi) is 14.8. The Morgan fingerprint density at radius 1 is 0.688 bits per heavy atom. The van der Waals surface area contributed by atoms with Crippen LogP contribution in [0.25, 0.3) is 0 Å². The number of carbonyl (C=O) groups excluding carboxylic acids is 2. The van der Waals surface area contributed by atoms with Crippen molar-refractivity contribution in [1.82, 2.24) is 0 Å². The second kappa shape index (κ2) is 16.7. The van der Waals surface area contributed by atoms with Crippen molar-refractivity contribution in [2.24, 2.45) is 17.8 Å². The average Bonchev–Trinajstić information content (AvgIpc) is 2.83. The molecule has 182 valence electrons. The molecular formula is C28H46O4. The maximum absolute atomic E-state index is 12.4. The van der Waals surface area contributed by atoms with E-state index in [1.165, 1.54) is 25.7 Å². The van der Waals surface area contributed by atoms with Gasteiger partial charge in [-0.25, -0.2) is 9.59 Å². The second-order valence-electron chi connectivity index (χ2n) is 9.26. The fourth-order valence-electron chi connectivity index (χ4n) is 3.73. The van der Waals surface area contributed by atoms with Gasteiger partial charge in [0.25, 0.3) is 0 Å². The van der Waals surface area contributed by atoms with Gasteiger partial charge in [0, 0.05) is 0 Å². The van der Waals surface area contributed by atoms with E-state index in [2.05, 4.69) is 34.6 Å². The lowest BCUT2D eigenvalue weighted by atomic mass is 9.96. The summed E-state index contributed by atoms with van der Waals surface area (Å²) in [4.78, 5) is 24.7. The molecule has 1 aromatic rings. The first kappa shape index (κ1) is 28.2. The number of ether oxygens (including phenoxy) is 2. The number of rotatable bonds is 17. The van der Waals surface area contributed by atoms with Crippen molar-refractivity contribution in [2.45, 2.75) is 98.8 Å². The van der Waals surface area contributed by atoms with Crippen LogP contribution in [0.2, 0.25) is 0 Å². The summed E-state index contributed by atoms with van der Waals surface area (Å²) in [5, 5.41) is 0. The Bertz CT molecular complexity index is 637. The average molecular weight is 447 g/mol. The van der Waals surface area contributed by atoms with Gasteiger partial charge in [-0.2, -0.15) is 0 Å². The third-order valence-corrected chi connectivity index (χ3v) is 6.63. The van der Waals surface area contributed by atoms with Crippen LogP contribution in [0.15, 0.2) is 24.3 Å². The molecule has 0 aliphatic carbocycles. The van der Waals surface area contributed by atoms with E-state index in [0.29, 0.717) is 36.2 Å². The van der Waals surface area contributed by atoms with E-state index >= 15 is 0 Å². The molecule has 0 fully saturated rings. The zero-order valence-electron chi connectivity index (χ0n) is 21.2. The second-order valence-corrected chi connectivity index (χ2v) is 9.26. The molecule has 0 N–H and O–H groups in total. The Hall–Kier alpha value is -1.84. The highest BCUT2D eigenvalue weighted by atomic mass is 16.5. The molecule has 0 aliphatic rings. The molecule has 3 atom stereocenters.